The Kier molecular flexibility index (Phi) is 3.06. The molecular weight excluding hydrogens is 202 g/mol. The first-order valence-electron chi connectivity index (χ1n) is 3.95. The van der Waals surface area contributed by atoms with Gasteiger partial charge in [-0.15, -0.1) is 0 Å². The average molecular weight is 214 g/mol. The second kappa shape index (κ2) is 3.86. The molecule has 2 rings (SSSR count). The van der Waals surface area contributed by atoms with Crippen molar-refractivity contribution in [2.75, 3.05) is 0 Å². The van der Waals surface area contributed by atoms with Crippen LogP contribution in [0.25, 0.3) is 0 Å². The van der Waals surface area contributed by atoms with Gasteiger partial charge < -0.3 is 17.0 Å². The van der Waals surface area contributed by atoms with E-state index in [0.29, 0.717) is 0 Å². The summed E-state index contributed by atoms with van der Waals surface area (Å²) in [6, 6.07) is 2.20. The Labute approximate surface area is 77.6 Å². The Hall–Kier alpha value is -0.370. The molecule has 1 aliphatic carbocycles. The summed E-state index contributed by atoms with van der Waals surface area (Å²) in [6.45, 7) is 0. The molecule has 11 heavy (non-hydrogen) atoms. The van der Waals surface area contributed by atoms with E-state index in [0.717, 1.165) is 0 Å². The van der Waals surface area contributed by atoms with E-state index in [1.165, 1.54) is 31.2 Å². The van der Waals surface area contributed by atoms with Crippen LogP contribution in [0.5, 0.6) is 0 Å². The summed E-state index contributed by atoms with van der Waals surface area (Å²) in [5, 5.41) is 0. The van der Waals surface area contributed by atoms with Crippen molar-refractivity contribution in [3.8, 4) is 0 Å². The van der Waals surface area contributed by atoms with Gasteiger partial charge >= 0.3 is 0 Å². The summed E-state index contributed by atoms with van der Waals surface area (Å²) in [4.78, 5) is 3.12. The number of hydrogen-bond acceptors (Lipinski definition) is 0. The highest BCUT2D eigenvalue weighted by atomic mass is 79.9. The molecule has 1 aliphatic rings. The van der Waals surface area contributed by atoms with Crippen LogP contribution in [0, 0.1) is 0 Å². The normalized spacial score (nSPS) is 14.9. The molecule has 0 bridgehead atoms. The minimum atomic E-state index is 0. The lowest BCUT2D eigenvalue weighted by molar-refractivity contribution is -0.378. The third-order valence-electron chi connectivity index (χ3n) is 2.19. The second-order valence-corrected chi connectivity index (χ2v) is 2.90. The van der Waals surface area contributed by atoms with Crippen molar-refractivity contribution >= 4 is 0 Å². The molecule has 0 atom stereocenters. The number of aryl methyl sites for hydroxylation is 2. The van der Waals surface area contributed by atoms with Crippen LogP contribution in [0.15, 0.2) is 18.5 Å². The highest BCUT2D eigenvalue weighted by molar-refractivity contribution is 5.23. The van der Waals surface area contributed by atoms with Gasteiger partial charge in [0.25, 0.3) is 0 Å². The van der Waals surface area contributed by atoms with E-state index in [4.69, 9.17) is 0 Å². The van der Waals surface area contributed by atoms with Gasteiger partial charge in [0.1, 0.15) is 0 Å². The van der Waals surface area contributed by atoms with E-state index in [-0.39, 0.29) is 17.0 Å². The van der Waals surface area contributed by atoms with E-state index in [1.54, 1.807) is 5.56 Å². The number of H-pyrrole nitrogens is 1. The van der Waals surface area contributed by atoms with Crippen molar-refractivity contribution in [3.05, 3.63) is 29.6 Å². The molecule has 0 unspecified atom stereocenters. The Morgan fingerprint density at radius 2 is 1.82 bits per heavy atom. The SMILES string of the molecule is [Br-].c1cc2c(c[nH+]1)CCCC2. The monoisotopic (exact) mass is 213 g/mol. The Morgan fingerprint density at radius 3 is 2.55 bits per heavy atom. The number of halogens is 1. The fourth-order valence-corrected chi connectivity index (χ4v) is 1.60. The minimum Gasteiger partial charge on any atom is -1.00 e. The number of rotatable bonds is 0. The van der Waals surface area contributed by atoms with Gasteiger partial charge in [-0.05, 0) is 31.2 Å². The maximum atomic E-state index is 3.12. The van der Waals surface area contributed by atoms with Gasteiger partial charge in [0.2, 0.25) is 0 Å². The van der Waals surface area contributed by atoms with Crippen LogP contribution in [-0.4, -0.2) is 0 Å². The quantitative estimate of drug-likeness (QED) is 0.493. The highest BCUT2D eigenvalue weighted by Gasteiger charge is 2.09. The van der Waals surface area contributed by atoms with Gasteiger partial charge in [0.15, 0.2) is 12.4 Å². The van der Waals surface area contributed by atoms with Crippen LogP contribution >= 0.6 is 0 Å². The summed E-state index contributed by atoms with van der Waals surface area (Å²) in [6.07, 6.45) is 9.44. The molecule has 1 nitrogen and oxygen atoms in total. The molecule has 1 N–H and O–H groups in total. The third kappa shape index (κ3) is 1.80. The van der Waals surface area contributed by atoms with Gasteiger partial charge in [-0.1, -0.05) is 0 Å². The summed E-state index contributed by atoms with van der Waals surface area (Å²) in [7, 11) is 0. The highest BCUT2D eigenvalue weighted by Crippen LogP contribution is 2.17. The van der Waals surface area contributed by atoms with Crippen LogP contribution in [0.1, 0.15) is 24.0 Å². The van der Waals surface area contributed by atoms with Crippen molar-refractivity contribution < 1.29 is 22.0 Å². The molecule has 2 heteroatoms. The Balaban J connectivity index is 0.000000605. The second-order valence-electron chi connectivity index (χ2n) is 2.90. The lowest BCUT2D eigenvalue weighted by Gasteiger charge is -2.10. The smallest absolute Gasteiger partial charge is 0.170 e. The van der Waals surface area contributed by atoms with E-state index < -0.39 is 0 Å². The maximum Gasteiger partial charge on any atom is 0.170 e. The van der Waals surface area contributed by atoms with Crippen molar-refractivity contribution in [2.45, 2.75) is 25.7 Å². The zero-order chi connectivity index (χ0) is 6.81. The standard InChI is InChI=1S/C9H11N.BrH/c1-2-4-9-7-10-6-5-8(9)3-1;/h5-7H,1-4H2;1H. The average Bonchev–Trinajstić information content (AvgIpc) is 2.05. The predicted molar refractivity (Wildman–Crippen MR) is 39.6 cm³/mol. The maximum absolute atomic E-state index is 3.12. The van der Waals surface area contributed by atoms with Crippen LogP contribution < -0.4 is 22.0 Å². The number of fused-ring (bicyclic) bond motifs is 1. The number of aromatic nitrogens is 1. The fraction of sp³-hybridized carbons (Fsp3) is 0.444. The van der Waals surface area contributed by atoms with Crippen molar-refractivity contribution in [1.82, 2.24) is 0 Å². The van der Waals surface area contributed by atoms with Crippen LogP contribution in [0.4, 0.5) is 0 Å². The van der Waals surface area contributed by atoms with Crippen LogP contribution in [0.3, 0.4) is 0 Å². The number of nitrogens with one attached hydrogen (secondary N) is 1. The minimum absolute atomic E-state index is 0. The molecule has 1 aromatic heterocycles. The molecule has 0 aromatic carbocycles. The number of pyridine rings is 1. The zero-order valence-electron chi connectivity index (χ0n) is 6.44. The molecule has 0 amide bonds. The van der Waals surface area contributed by atoms with Gasteiger partial charge in [-0.3, -0.25) is 0 Å². The van der Waals surface area contributed by atoms with E-state index in [1.807, 2.05) is 6.20 Å². The van der Waals surface area contributed by atoms with Gasteiger partial charge in [-0.2, -0.15) is 0 Å². The summed E-state index contributed by atoms with van der Waals surface area (Å²) in [5.41, 5.74) is 3.07. The van der Waals surface area contributed by atoms with Gasteiger partial charge in [0.05, 0.1) is 0 Å². The molecule has 60 valence electrons. The van der Waals surface area contributed by atoms with Crippen LogP contribution in [0.2, 0.25) is 0 Å². The van der Waals surface area contributed by atoms with Gasteiger partial charge in [0, 0.05) is 11.6 Å². The number of aromatic amines is 1. The van der Waals surface area contributed by atoms with Gasteiger partial charge in [-0.25, -0.2) is 4.98 Å². The van der Waals surface area contributed by atoms with E-state index >= 15 is 0 Å². The fourth-order valence-electron chi connectivity index (χ4n) is 1.60. The lowest BCUT2D eigenvalue weighted by atomic mass is 9.94. The largest absolute Gasteiger partial charge is 1.00 e. The summed E-state index contributed by atoms with van der Waals surface area (Å²) >= 11 is 0. The zero-order valence-corrected chi connectivity index (χ0v) is 8.02. The molecule has 0 radical (unpaired) electrons. The topological polar surface area (TPSA) is 14.1 Å². The molecular formula is C9H12BrN. The van der Waals surface area contributed by atoms with E-state index in [9.17, 15) is 0 Å². The van der Waals surface area contributed by atoms with Crippen molar-refractivity contribution in [1.29, 1.82) is 0 Å². The molecule has 1 aromatic rings. The van der Waals surface area contributed by atoms with Crippen molar-refractivity contribution in [2.24, 2.45) is 0 Å². The van der Waals surface area contributed by atoms with Crippen molar-refractivity contribution in [3.63, 3.8) is 0 Å². The summed E-state index contributed by atoms with van der Waals surface area (Å²) < 4.78 is 0. The Bertz CT molecular complexity index is 210. The molecule has 0 fully saturated rings. The first-order chi connectivity index (χ1) is 4.97. The third-order valence-corrected chi connectivity index (χ3v) is 2.19. The molecule has 0 aliphatic heterocycles. The number of hydrogen-bond donors (Lipinski definition) is 0. The first-order valence-corrected chi connectivity index (χ1v) is 3.95. The molecule has 0 saturated carbocycles. The first kappa shape index (κ1) is 8.72. The molecule has 0 spiro atoms. The molecule has 1 heterocycles. The predicted octanol–water partition coefficient (Wildman–Crippen LogP) is -1.62. The molecule has 0 saturated heterocycles. The lowest BCUT2D eigenvalue weighted by Crippen LogP contribution is -3.00. The Morgan fingerprint density at radius 1 is 1.09 bits per heavy atom. The van der Waals surface area contributed by atoms with Crippen LogP contribution in [-0.2, 0) is 12.8 Å². The van der Waals surface area contributed by atoms with E-state index in [2.05, 4.69) is 17.2 Å². The summed E-state index contributed by atoms with van der Waals surface area (Å²) in [5.74, 6) is 0.